The molecule has 2 amide bonds. The van der Waals surface area contributed by atoms with Crippen LogP contribution in [0.2, 0.25) is 0 Å². The average Bonchev–Trinajstić information content (AvgIpc) is 2.45. The minimum Gasteiger partial charge on any atom is -0.349 e. The Bertz CT molecular complexity index is 529. The molecule has 0 aromatic heterocycles. The number of benzene rings is 1. The fourth-order valence-electron chi connectivity index (χ4n) is 1.43. The molecule has 0 bridgehead atoms. The SMILES string of the molecule is C#CCC(N)C(=O)Nc1ccc(C(=O)NCC=C)cc1. The van der Waals surface area contributed by atoms with E-state index >= 15 is 0 Å². The number of amides is 2. The molecule has 4 N–H and O–H groups in total. The first-order valence-electron chi connectivity index (χ1n) is 6.07. The summed E-state index contributed by atoms with van der Waals surface area (Å²) in [6.07, 6.45) is 6.86. The molecule has 0 aliphatic rings. The van der Waals surface area contributed by atoms with Crippen molar-refractivity contribution in [1.82, 2.24) is 5.32 Å². The fourth-order valence-corrected chi connectivity index (χ4v) is 1.43. The number of nitrogens with two attached hydrogens (primary N) is 1. The van der Waals surface area contributed by atoms with Gasteiger partial charge in [-0.05, 0) is 24.3 Å². The standard InChI is InChI=1S/C15H17N3O2/c1-3-5-13(16)15(20)18-12-8-6-11(7-9-12)14(19)17-10-4-2/h1,4,6-9,13H,2,5,10,16H2,(H,17,19)(H,18,20). The van der Waals surface area contributed by atoms with Crippen molar-refractivity contribution in [3.05, 3.63) is 42.5 Å². The minimum atomic E-state index is -0.740. The quantitative estimate of drug-likeness (QED) is 0.530. The monoisotopic (exact) mass is 271 g/mol. The van der Waals surface area contributed by atoms with Gasteiger partial charge in [-0.2, -0.15) is 0 Å². The third-order valence-corrected chi connectivity index (χ3v) is 2.50. The van der Waals surface area contributed by atoms with Crippen molar-refractivity contribution in [2.24, 2.45) is 5.73 Å². The molecule has 104 valence electrons. The van der Waals surface area contributed by atoms with Gasteiger partial charge >= 0.3 is 0 Å². The van der Waals surface area contributed by atoms with Crippen molar-refractivity contribution in [2.45, 2.75) is 12.5 Å². The van der Waals surface area contributed by atoms with Gasteiger partial charge in [0.15, 0.2) is 0 Å². The molecule has 1 aromatic carbocycles. The second kappa shape index (κ2) is 7.77. The van der Waals surface area contributed by atoms with E-state index in [0.29, 0.717) is 17.8 Å². The van der Waals surface area contributed by atoms with Gasteiger partial charge in [-0.1, -0.05) is 6.08 Å². The molecule has 20 heavy (non-hydrogen) atoms. The summed E-state index contributed by atoms with van der Waals surface area (Å²) in [5.41, 5.74) is 6.64. The summed E-state index contributed by atoms with van der Waals surface area (Å²) in [5.74, 6) is 1.77. The third-order valence-electron chi connectivity index (χ3n) is 2.50. The molecule has 5 heteroatoms. The van der Waals surface area contributed by atoms with Crippen molar-refractivity contribution in [3.8, 4) is 12.3 Å². The van der Waals surface area contributed by atoms with Crippen molar-refractivity contribution >= 4 is 17.5 Å². The summed E-state index contributed by atoms with van der Waals surface area (Å²) in [7, 11) is 0. The number of nitrogens with one attached hydrogen (secondary N) is 2. The van der Waals surface area contributed by atoms with E-state index < -0.39 is 6.04 Å². The summed E-state index contributed by atoms with van der Waals surface area (Å²) in [4.78, 5) is 23.3. The summed E-state index contributed by atoms with van der Waals surface area (Å²) in [6.45, 7) is 3.92. The van der Waals surface area contributed by atoms with Crippen LogP contribution in [0.1, 0.15) is 16.8 Å². The van der Waals surface area contributed by atoms with Crippen LogP contribution in [0.15, 0.2) is 36.9 Å². The normalized spacial score (nSPS) is 11.0. The Kier molecular flexibility index (Phi) is 6.01. The Balaban J connectivity index is 2.63. The highest BCUT2D eigenvalue weighted by molar-refractivity contribution is 5.97. The van der Waals surface area contributed by atoms with Gasteiger partial charge in [-0.3, -0.25) is 9.59 Å². The molecule has 1 unspecified atom stereocenters. The third kappa shape index (κ3) is 4.59. The van der Waals surface area contributed by atoms with E-state index in [1.165, 1.54) is 0 Å². The predicted octanol–water partition coefficient (Wildman–Crippen LogP) is 0.891. The predicted molar refractivity (Wildman–Crippen MR) is 79.0 cm³/mol. The molecule has 1 rings (SSSR count). The van der Waals surface area contributed by atoms with Crippen LogP contribution in [-0.2, 0) is 4.79 Å². The number of anilines is 1. The molecule has 0 aliphatic heterocycles. The second-order valence-corrected chi connectivity index (χ2v) is 4.08. The van der Waals surface area contributed by atoms with Gasteiger partial charge in [-0.25, -0.2) is 0 Å². The van der Waals surface area contributed by atoms with E-state index in [2.05, 4.69) is 23.1 Å². The highest BCUT2D eigenvalue weighted by atomic mass is 16.2. The van der Waals surface area contributed by atoms with Gasteiger partial charge in [-0.15, -0.1) is 18.9 Å². The topological polar surface area (TPSA) is 84.2 Å². The first-order valence-corrected chi connectivity index (χ1v) is 6.07. The minimum absolute atomic E-state index is 0.174. The first kappa shape index (κ1) is 15.5. The number of carbonyl (C=O) groups excluding carboxylic acids is 2. The molecule has 0 spiro atoms. The lowest BCUT2D eigenvalue weighted by Gasteiger charge is -2.10. The molecule has 0 aliphatic carbocycles. The molecule has 5 nitrogen and oxygen atoms in total. The van der Waals surface area contributed by atoms with E-state index in [9.17, 15) is 9.59 Å². The Morgan fingerprint density at radius 1 is 1.40 bits per heavy atom. The Labute approximate surface area is 118 Å². The largest absolute Gasteiger partial charge is 0.349 e. The molecule has 0 saturated heterocycles. The second-order valence-electron chi connectivity index (χ2n) is 4.08. The number of terminal acetylenes is 1. The average molecular weight is 271 g/mol. The van der Waals surface area contributed by atoms with Crippen molar-refractivity contribution in [2.75, 3.05) is 11.9 Å². The summed E-state index contributed by atoms with van der Waals surface area (Å²) >= 11 is 0. The van der Waals surface area contributed by atoms with E-state index in [4.69, 9.17) is 12.2 Å². The van der Waals surface area contributed by atoms with Crippen molar-refractivity contribution < 1.29 is 9.59 Å². The van der Waals surface area contributed by atoms with Gasteiger partial charge in [0.25, 0.3) is 5.91 Å². The number of hydrogen-bond donors (Lipinski definition) is 3. The lowest BCUT2D eigenvalue weighted by atomic mass is 10.1. The van der Waals surface area contributed by atoms with E-state index in [1.807, 2.05) is 0 Å². The molecule has 0 saturated carbocycles. The first-order chi connectivity index (χ1) is 9.58. The Morgan fingerprint density at radius 2 is 2.05 bits per heavy atom. The van der Waals surface area contributed by atoms with Gasteiger partial charge < -0.3 is 16.4 Å². The Morgan fingerprint density at radius 3 is 2.60 bits per heavy atom. The van der Waals surface area contributed by atoms with Crippen LogP contribution in [0.25, 0.3) is 0 Å². The highest BCUT2D eigenvalue weighted by Gasteiger charge is 2.12. The fraction of sp³-hybridized carbons (Fsp3) is 0.200. The summed E-state index contributed by atoms with van der Waals surface area (Å²) in [5, 5.41) is 5.29. The molecular formula is C15H17N3O2. The summed E-state index contributed by atoms with van der Waals surface area (Å²) < 4.78 is 0. The zero-order valence-electron chi connectivity index (χ0n) is 11.1. The molecule has 0 fully saturated rings. The lowest BCUT2D eigenvalue weighted by Crippen LogP contribution is -2.35. The van der Waals surface area contributed by atoms with Crippen LogP contribution in [0.4, 0.5) is 5.69 Å². The number of rotatable bonds is 6. The maximum atomic E-state index is 11.6. The van der Waals surface area contributed by atoms with E-state index in [-0.39, 0.29) is 18.2 Å². The number of hydrogen-bond acceptors (Lipinski definition) is 3. The number of carbonyl (C=O) groups is 2. The molecule has 1 atom stereocenters. The van der Waals surface area contributed by atoms with Gasteiger partial charge in [0.1, 0.15) is 0 Å². The smallest absolute Gasteiger partial charge is 0.251 e. The summed E-state index contributed by atoms with van der Waals surface area (Å²) in [6, 6.07) is 5.74. The van der Waals surface area contributed by atoms with Crippen LogP contribution in [0, 0.1) is 12.3 Å². The van der Waals surface area contributed by atoms with Gasteiger partial charge in [0, 0.05) is 24.2 Å². The van der Waals surface area contributed by atoms with Crippen LogP contribution < -0.4 is 16.4 Å². The maximum absolute atomic E-state index is 11.6. The molecule has 0 heterocycles. The zero-order valence-corrected chi connectivity index (χ0v) is 11.1. The molecule has 0 radical (unpaired) electrons. The maximum Gasteiger partial charge on any atom is 0.251 e. The van der Waals surface area contributed by atoms with Crippen LogP contribution >= 0.6 is 0 Å². The van der Waals surface area contributed by atoms with E-state index in [0.717, 1.165) is 0 Å². The highest BCUT2D eigenvalue weighted by Crippen LogP contribution is 2.10. The van der Waals surface area contributed by atoms with Crippen LogP contribution in [0.3, 0.4) is 0 Å². The molecule has 1 aromatic rings. The van der Waals surface area contributed by atoms with Crippen molar-refractivity contribution in [1.29, 1.82) is 0 Å². The van der Waals surface area contributed by atoms with E-state index in [1.54, 1.807) is 30.3 Å². The van der Waals surface area contributed by atoms with Gasteiger partial charge in [0.05, 0.1) is 6.04 Å². The zero-order chi connectivity index (χ0) is 15.0. The molecular weight excluding hydrogens is 254 g/mol. The Hall–Kier alpha value is -2.58. The van der Waals surface area contributed by atoms with Crippen LogP contribution in [0.5, 0.6) is 0 Å². The van der Waals surface area contributed by atoms with Crippen molar-refractivity contribution in [3.63, 3.8) is 0 Å². The lowest BCUT2D eigenvalue weighted by molar-refractivity contribution is -0.117. The van der Waals surface area contributed by atoms with Gasteiger partial charge in [0.2, 0.25) is 5.91 Å². The van der Waals surface area contributed by atoms with Crippen LogP contribution in [-0.4, -0.2) is 24.4 Å².